The van der Waals surface area contributed by atoms with Crippen molar-refractivity contribution in [2.24, 2.45) is 0 Å². The molecule has 2 amide bonds. The van der Waals surface area contributed by atoms with Crippen molar-refractivity contribution in [3.8, 4) is 0 Å². The Labute approximate surface area is 178 Å². The molecule has 11 heteroatoms. The molecule has 30 heavy (non-hydrogen) atoms. The Morgan fingerprint density at radius 3 is 2.53 bits per heavy atom. The van der Waals surface area contributed by atoms with Crippen LogP contribution in [0.5, 0.6) is 0 Å². The number of carbonyl (C=O) groups is 2. The fourth-order valence-electron chi connectivity index (χ4n) is 2.88. The first kappa shape index (κ1) is 24.3. The van der Waals surface area contributed by atoms with Gasteiger partial charge in [0.2, 0.25) is 5.91 Å². The maximum Gasteiger partial charge on any atom is 0.417 e. The number of aromatic nitrogens is 1. The summed E-state index contributed by atoms with van der Waals surface area (Å²) in [6.07, 6.45) is -4.23. The number of hydrogen-bond donors (Lipinski definition) is 1. The van der Waals surface area contributed by atoms with Crippen LogP contribution in [0, 0.1) is 0 Å². The molecule has 0 unspecified atom stereocenters. The number of alkyl carbamates (subject to hydrolysis) is 1. The summed E-state index contributed by atoms with van der Waals surface area (Å²) in [5, 5.41) is 3.04. The van der Waals surface area contributed by atoms with E-state index in [1.807, 2.05) is 7.05 Å². The van der Waals surface area contributed by atoms with Crippen molar-refractivity contribution in [3.63, 3.8) is 0 Å². The minimum Gasteiger partial charge on any atom is -0.444 e. The van der Waals surface area contributed by atoms with E-state index in [4.69, 9.17) is 4.74 Å². The molecule has 2 rings (SSSR count). The summed E-state index contributed by atoms with van der Waals surface area (Å²) >= 11 is 1.08. The number of thioether (sulfide) groups is 1. The molecule has 0 radical (unpaired) electrons. The van der Waals surface area contributed by atoms with Gasteiger partial charge in [-0.15, -0.1) is 0 Å². The van der Waals surface area contributed by atoms with Gasteiger partial charge in [-0.3, -0.25) is 4.79 Å². The van der Waals surface area contributed by atoms with E-state index in [2.05, 4.69) is 15.2 Å². The number of hydrogen-bond acceptors (Lipinski definition) is 6. The van der Waals surface area contributed by atoms with Crippen LogP contribution in [0.2, 0.25) is 0 Å². The Bertz CT molecular complexity index is 738. The van der Waals surface area contributed by atoms with Crippen LogP contribution in [0.15, 0.2) is 23.4 Å². The lowest BCUT2D eigenvalue weighted by molar-refractivity contribution is -0.138. The molecule has 1 aromatic rings. The molecular formula is C19H27F3N4O3S. The second-order valence-electron chi connectivity index (χ2n) is 8.06. The van der Waals surface area contributed by atoms with E-state index in [0.29, 0.717) is 24.7 Å². The van der Waals surface area contributed by atoms with Gasteiger partial charge in [-0.2, -0.15) is 13.2 Å². The van der Waals surface area contributed by atoms with Crippen LogP contribution in [0.3, 0.4) is 0 Å². The van der Waals surface area contributed by atoms with Gasteiger partial charge in [-0.25, -0.2) is 9.78 Å². The third kappa shape index (κ3) is 7.67. The predicted octanol–water partition coefficient (Wildman–Crippen LogP) is 2.86. The summed E-state index contributed by atoms with van der Waals surface area (Å²) in [6.45, 7) is 7.32. The fourth-order valence-corrected chi connectivity index (χ4v) is 3.61. The second-order valence-corrected chi connectivity index (χ2v) is 9.05. The van der Waals surface area contributed by atoms with Crippen molar-refractivity contribution in [2.45, 2.75) is 43.6 Å². The quantitative estimate of drug-likeness (QED) is 0.699. The summed E-state index contributed by atoms with van der Waals surface area (Å²) in [6, 6.07) is 1.97. The molecule has 168 valence electrons. The van der Waals surface area contributed by atoms with E-state index >= 15 is 0 Å². The van der Waals surface area contributed by atoms with Gasteiger partial charge < -0.3 is 19.9 Å². The Morgan fingerprint density at radius 2 is 1.97 bits per heavy atom. The van der Waals surface area contributed by atoms with Gasteiger partial charge in [0.25, 0.3) is 0 Å². The van der Waals surface area contributed by atoms with Crippen LogP contribution in [0.4, 0.5) is 18.0 Å². The van der Waals surface area contributed by atoms with E-state index in [-0.39, 0.29) is 24.2 Å². The van der Waals surface area contributed by atoms with E-state index in [1.165, 1.54) is 6.07 Å². The van der Waals surface area contributed by atoms with E-state index in [0.717, 1.165) is 24.0 Å². The van der Waals surface area contributed by atoms with Gasteiger partial charge in [-0.05, 0) is 40.0 Å². The number of ether oxygens (including phenoxy) is 1. The van der Waals surface area contributed by atoms with Crippen LogP contribution in [-0.2, 0) is 15.7 Å². The number of nitrogens with one attached hydrogen (secondary N) is 1. The molecule has 2 heterocycles. The Morgan fingerprint density at radius 1 is 1.27 bits per heavy atom. The molecule has 0 aliphatic carbocycles. The number of halogens is 3. The minimum atomic E-state index is -4.44. The average molecular weight is 449 g/mol. The number of rotatable bonds is 5. The largest absolute Gasteiger partial charge is 0.444 e. The van der Waals surface area contributed by atoms with Crippen LogP contribution in [0.25, 0.3) is 0 Å². The molecule has 0 saturated carbocycles. The number of alkyl halides is 3. The topological polar surface area (TPSA) is 74.8 Å². The first-order valence-electron chi connectivity index (χ1n) is 9.46. The monoisotopic (exact) mass is 448 g/mol. The van der Waals surface area contributed by atoms with Crippen LogP contribution < -0.4 is 5.32 Å². The molecule has 1 saturated heterocycles. The van der Waals surface area contributed by atoms with Crippen LogP contribution >= 0.6 is 11.8 Å². The van der Waals surface area contributed by atoms with Crippen LogP contribution in [0.1, 0.15) is 26.3 Å². The molecule has 0 bridgehead atoms. The number of piperazine rings is 1. The normalized spacial score (nSPS) is 18.2. The van der Waals surface area contributed by atoms with Gasteiger partial charge in [0.05, 0.1) is 22.4 Å². The minimum absolute atomic E-state index is 0.0466. The fraction of sp³-hybridized carbons (Fsp3) is 0.632. The SMILES string of the molecule is CN1CCN(C(=O)CSc2ccc(C(F)(F)F)cn2)[C@@H](CNC(=O)OC(C)(C)C)C1. The molecule has 7 nitrogen and oxygen atoms in total. The zero-order valence-electron chi connectivity index (χ0n) is 17.5. The molecule has 1 fully saturated rings. The maximum absolute atomic E-state index is 12.7. The van der Waals surface area contributed by atoms with Gasteiger partial charge in [0.15, 0.2) is 0 Å². The van der Waals surface area contributed by atoms with E-state index < -0.39 is 23.4 Å². The second kappa shape index (κ2) is 9.86. The average Bonchev–Trinajstić information content (AvgIpc) is 2.63. The smallest absolute Gasteiger partial charge is 0.417 e. The van der Waals surface area contributed by atoms with Crippen molar-refractivity contribution in [1.82, 2.24) is 20.1 Å². The highest BCUT2D eigenvalue weighted by Crippen LogP contribution is 2.29. The summed E-state index contributed by atoms with van der Waals surface area (Å²) in [7, 11) is 1.93. The van der Waals surface area contributed by atoms with Gasteiger partial charge >= 0.3 is 12.3 Å². The van der Waals surface area contributed by atoms with E-state index in [9.17, 15) is 22.8 Å². The lowest BCUT2D eigenvalue weighted by atomic mass is 10.1. The third-order valence-corrected chi connectivity index (χ3v) is 5.22. The van der Waals surface area contributed by atoms with Crippen LogP contribution in [-0.4, -0.2) is 77.4 Å². The van der Waals surface area contributed by atoms with Crippen molar-refractivity contribution in [3.05, 3.63) is 23.9 Å². The number of pyridine rings is 1. The van der Waals surface area contributed by atoms with Crippen molar-refractivity contribution in [2.75, 3.05) is 39.0 Å². The summed E-state index contributed by atoms with van der Waals surface area (Å²) < 4.78 is 43.1. The van der Waals surface area contributed by atoms with E-state index in [1.54, 1.807) is 25.7 Å². The molecule has 1 N–H and O–H groups in total. The van der Waals surface area contributed by atoms with Gasteiger partial charge in [0.1, 0.15) is 5.60 Å². The highest BCUT2D eigenvalue weighted by Gasteiger charge is 2.31. The molecule has 1 aromatic heterocycles. The highest BCUT2D eigenvalue weighted by atomic mass is 32.2. The number of likely N-dealkylation sites (N-methyl/N-ethyl adjacent to an activating group) is 1. The lowest BCUT2D eigenvalue weighted by Crippen LogP contribution is -2.58. The molecule has 0 spiro atoms. The number of carbonyl (C=O) groups excluding carboxylic acids is 2. The van der Waals surface area contributed by atoms with Gasteiger partial charge in [0, 0.05) is 32.4 Å². The highest BCUT2D eigenvalue weighted by molar-refractivity contribution is 7.99. The molecule has 1 aliphatic heterocycles. The van der Waals surface area contributed by atoms with Crippen molar-refractivity contribution < 1.29 is 27.5 Å². The Kier molecular flexibility index (Phi) is 7.98. The first-order chi connectivity index (χ1) is 13.8. The molecular weight excluding hydrogens is 421 g/mol. The zero-order valence-corrected chi connectivity index (χ0v) is 18.3. The number of amides is 2. The summed E-state index contributed by atoms with van der Waals surface area (Å²) in [5.74, 6) is -0.115. The molecule has 1 aliphatic rings. The molecule has 0 aromatic carbocycles. The van der Waals surface area contributed by atoms with Crippen molar-refractivity contribution >= 4 is 23.8 Å². The maximum atomic E-state index is 12.7. The Hall–Kier alpha value is -2.01. The summed E-state index contributed by atoms with van der Waals surface area (Å²) in [5.41, 5.74) is -1.45. The third-order valence-electron chi connectivity index (χ3n) is 4.29. The van der Waals surface area contributed by atoms with Crippen molar-refractivity contribution in [1.29, 1.82) is 0 Å². The Balaban J connectivity index is 1.92. The summed E-state index contributed by atoms with van der Waals surface area (Å²) in [4.78, 5) is 32.2. The zero-order chi connectivity index (χ0) is 22.5. The van der Waals surface area contributed by atoms with Gasteiger partial charge in [-0.1, -0.05) is 11.8 Å². The lowest BCUT2D eigenvalue weighted by Gasteiger charge is -2.40. The number of nitrogens with zero attached hydrogens (tertiary/aromatic N) is 3. The molecule has 1 atom stereocenters. The first-order valence-corrected chi connectivity index (χ1v) is 10.4. The predicted molar refractivity (Wildman–Crippen MR) is 107 cm³/mol. The standard InChI is InChI=1S/C19H27F3N4O3S/c1-18(2,3)29-17(28)24-10-14-11-25(4)7-8-26(14)16(27)12-30-15-6-5-13(9-23-15)19(20,21)22/h5-6,9,14H,7-8,10-12H2,1-4H3,(H,24,28)/t14-/m0/s1.